The van der Waals surface area contributed by atoms with Gasteiger partial charge in [0, 0.05) is 12.3 Å². The number of nitrogens with one attached hydrogen (secondary N) is 2. The minimum absolute atomic E-state index is 0.159. The summed E-state index contributed by atoms with van der Waals surface area (Å²) in [6.07, 6.45) is 1.44. The molecule has 0 radical (unpaired) electrons. The van der Waals surface area contributed by atoms with Gasteiger partial charge >= 0.3 is 0 Å². The summed E-state index contributed by atoms with van der Waals surface area (Å²) in [6, 6.07) is 5.58. The van der Waals surface area contributed by atoms with Crippen molar-refractivity contribution in [1.82, 2.24) is 25.4 Å². The lowest BCUT2D eigenvalue weighted by atomic mass is 10.1. The summed E-state index contributed by atoms with van der Waals surface area (Å²) < 4.78 is 13.3. The Kier molecular flexibility index (Phi) is 5.91. The summed E-state index contributed by atoms with van der Waals surface area (Å²) >= 11 is 1.47. The summed E-state index contributed by atoms with van der Waals surface area (Å²) in [7, 11) is 3.58. The Hall–Kier alpha value is -1.93. The second kappa shape index (κ2) is 7.90. The van der Waals surface area contributed by atoms with Crippen molar-refractivity contribution in [3.8, 4) is 0 Å². The molecule has 1 heterocycles. The first-order valence-corrected chi connectivity index (χ1v) is 7.74. The fourth-order valence-electron chi connectivity index (χ4n) is 2.04. The number of benzene rings is 1. The van der Waals surface area contributed by atoms with E-state index in [-0.39, 0.29) is 11.7 Å². The normalized spacial score (nSPS) is 12.4. The maximum absolute atomic E-state index is 13.3. The number of halogens is 1. The van der Waals surface area contributed by atoms with Gasteiger partial charge in [-0.1, -0.05) is 23.9 Å². The molecule has 0 unspecified atom stereocenters. The summed E-state index contributed by atoms with van der Waals surface area (Å²) in [5.74, 6) is 0.163. The Morgan fingerprint density at radius 3 is 2.95 bits per heavy atom. The second-order valence-corrected chi connectivity index (χ2v) is 5.93. The van der Waals surface area contributed by atoms with Crippen molar-refractivity contribution in [2.24, 2.45) is 0 Å². The molecular formula is C14H18FN5OS. The van der Waals surface area contributed by atoms with Crippen LogP contribution in [-0.2, 0) is 4.79 Å². The highest BCUT2D eigenvalue weighted by molar-refractivity contribution is 7.99. The molecule has 2 rings (SSSR count). The van der Waals surface area contributed by atoms with Gasteiger partial charge < -0.3 is 5.32 Å². The largest absolute Gasteiger partial charge is 0.354 e. The van der Waals surface area contributed by atoms with Crippen LogP contribution in [0.4, 0.5) is 4.39 Å². The summed E-state index contributed by atoms with van der Waals surface area (Å²) in [6.45, 7) is 0.490. The lowest BCUT2D eigenvalue weighted by Gasteiger charge is -2.23. The third kappa shape index (κ3) is 4.54. The number of carbonyl (C=O) groups is 1. The number of hydrogen-bond donors (Lipinski definition) is 2. The molecule has 1 amide bonds. The minimum atomic E-state index is -0.522. The molecule has 2 aromatic rings. The van der Waals surface area contributed by atoms with E-state index in [9.17, 15) is 9.18 Å². The van der Waals surface area contributed by atoms with Crippen molar-refractivity contribution < 1.29 is 9.18 Å². The number of thioether (sulfide) groups is 1. The summed E-state index contributed by atoms with van der Waals surface area (Å²) in [5, 5.41) is 10.1. The zero-order chi connectivity index (χ0) is 15.9. The van der Waals surface area contributed by atoms with E-state index in [1.165, 1.54) is 30.2 Å². The SMILES string of the molecule is CN(C)[C@@H](C(=O)NCCSc1ncn[nH]1)c1cccc(F)c1. The monoisotopic (exact) mass is 323 g/mol. The van der Waals surface area contributed by atoms with Crippen LogP contribution >= 0.6 is 11.8 Å². The molecular weight excluding hydrogens is 305 g/mol. The van der Waals surface area contributed by atoms with Gasteiger partial charge in [0.2, 0.25) is 5.91 Å². The van der Waals surface area contributed by atoms with Gasteiger partial charge in [0.25, 0.3) is 0 Å². The fourth-order valence-corrected chi connectivity index (χ4v) is 2.68. The van der Waals surface area contributed by atoms with Crippen molar-refractivity contribution in [2.75, 3.05) is 26.4 Å². The first-order chi connectivity index (χ1) is 10.6. The fraction of sp³-hybridized carbons (Fsp3) is 0.357. The lowest BCUT2D eigenvalue weighted by molar-refractivity contribution is -0.125. The van der Waals surface area contributed by atoms with E-state index in [0.717, 1.165) is 0 Å². The molecule has 1 aromatic carbocycles. The van der Waals surface area contributed by atoms with Crippen molar-refractivity contribution in [2.45, 2.75) is 11.2 Å². The molecule has 1 atom stereocenters. The van der Waals surface area contributed by atoms with Gasteiger partial charge in [0.05, 0.1) is 0 Å². The highest BCUT2D eigenvalue weighted by Crippen LogP contribution is 2.19. The number of rotatable bonds is 7. The van der Waals surface area contributed by atoms with Crippen LogP contribution in [0.2, 0.25) is 0 Å². The molecule has 6 nitrogen and oxygen atoms in total. The molecule has 8 heteroatoms. The highest BCUT2D eigenvalue weighted by Gasteiger charge is 2.22. The number of likely N-dealkylation sites (N-methyl/N-ethyl adjacent to an activating group) is 1. The predicted octanol–water partition coefficient (Wildman–Crippen LogP) is 1.45. The van der Waals surface area contributed by atoms with Crippen LogP contribution in [0.15, 0.2) is 35.7 Å². The number of hydrogen-bond acceptors (Lipinski definition) is 5. The Morgan fingerprint density at radius 2 is 2.32 bits per heavy atom. The van der Waals surface area contributed by atoms with Crippen molar-refractivity contribution in [3.63, 3.8) is 0 Å². The third-order valence-electron chi connectivity index (χ3n) is 2.96. The van der Waals surface area contributed by atoms with E-state index in [1.54, 1.807) is 31.1 Å². The number of nitrogens with zero attached hydrogens (tertiary/aromatic N) is 3. The quantitative estimate of drug-likeness (QED) is 0.596. The van der Waals surface area contributed by atoms with Gasteiger partial charge in [-0.3, -0.25) is 14.8 Å². The smallest absolute Gasteiger partial charge is 0.241 e. The topological polar surface area (TPSA) is 73.9 Å². The molecule has 0 fully saturated rings. The van der Waals surface area contributed by atoms with Crippen LogP contribution in [0.5, 0.6) is 0 Å². The minimum Gasteiger partial charge on any atom is -0.354 e. The Labute approximate surface area is 132 Å². The number of amides is 1. The summed E-state index contributed by atoms with van der Waals surface area (Å²) in [4.78, 5) is 18.1. The molecule has 0 spiro atoms. The molecule has 0 aliphatic rings. The maximum atomic E-state index is 13.3. The van der Waals surface area contributed by atoms with Gasteiger partial charge in [-0.25, -0.2) is 9.37 Å². The predicted molar refractivity (Wildman–Crippen MR) is 82.9 cm³/mol. The van der Waals surface area contributed by atoms with Crippen LogP contribution in [0.25, 0.3) is 0 Å². The standard InChI is InChI=1S/C14H18FN5OS/c1-20(2)12(10-4-3-5-11(15)8-10)13(21)16-6-7-22-14-17-9-18-19-14/h3-5,8-9,12H,6-7H2,1-2H3,(H,16,21)(H,17,18,19)/t12-/m1/s1. The van der Waals surface area contributed by atoms with Crippen LogP contribution in [0.1, 0.15) is 11.6 Å². The molecule has 0 saturated carbocycles. The van der Waals surface area contributed by atoms with Gasteiger partial charge in [-0.05, 0) is 31.8 Å². The van der Waals surface area contributed by atoms with E-state index in [1.807, 2.05) is 0 Å². The first kappa shape index (κ1) is 16.4. The molecule has 22 heavy (non-hydrogen) atoms. The molecule has 0 aliphatic heterocycles. The molecule has 0 saturated heterocycles. The van der Waals surface area contributed by atoms with E-state index >= 15 is 0 Å². The number of aromatic nitrogens is 3. The molecule has 1 aromatic heterocycles. The Balaban J connectivity index is 1.90. The lowest BCUT2D eigenvalue weighted by Crippen LogP contribution is -2.38. The Morgan fingerprint density at radius 1 is 1.50 bits per heavy atom. The van der Waals surface area contributed by atoms with Gasteiger partial charge in [0.15, 0.2) is 5.16 Å². The molecule has 0 bridgehead atoms. The molecule has 118 valence electrons. The van der Waals surface area contributed by atoms with Crippen molar-refractivity contribution in [1.29, 1.82) is 0 Å². The van der Waals surface area contributed by atoms with E-state index < -0.39 is 6.04 Å². The third-order valence-corrected chi connectivity index (χ3v) is 3.84. The van der Waals surface area contributed by atoms with Crippen LogP contribution in [0.3, 0.4) is 0 Å². The zero-order valence-corrected chi connectivity index (χ0v) is 13.2. The zero-order valence-electron chi connectivity index (χ0n) is 12.4. The molecule has 2 N–H and O–H groups in total. The van der Waals surface area contributed by atoms with Gasteiger partial charge in [-0.15, -0.1) is 0 Å². The molecule has 0 aliphatic carbocycles. The van der Waals surface area contributed by atoms with E-state index in [2.05, 4.69) is 20.5 Å². The maximum Gasteiger partial charge on any atom is 0.241 e. The Bertz CT molecular complexity index is 605. The van der Waals surface area contributed by atoms with Crippen molar-refractivity contribution >= 4 is 17.7 Å². The van der Waals surface area contributed by atoms with Crippen LogP contribution in [0, 0.1) is 5.82 Å². The highest BCUT2D eigenvalue weighted by atomic mass is 32.2. The van der Waals surface area contributed by atoms with Crippen molar-refractivity contribution in [3.05, 3.63) is 42.0 Å². The first-order valence-electron chi connectivity index (χ1n) is 6.75. The van der Waals surface area contributed by atoms with Crippen LogP contribution in [-0.4, -0.2) is 52.4 Å². The average Bonchev–Trinajstić information content (AvgIpc) is 2.97. The van der Waals surface area contributed by atoms with E-state index in [0.29, 0.717) is 23.0 Å². The number of carbonyl (C=O) groups excluding carboxylic acids is 1. The average molecular weight is 323 g/mol. The van der Waals surface area contributed by atoms with Crippen LogP contribution < -0.4 is 5.32 Å². The van der Waals surface area contributed by atoms with Gasteiger partial charge in [-0.2, -0.15) is 5.10 Å². The number of H-pyrrole nitrogens is 1. The second-order valence-electron chi connectivity index (χ2n) is 4.85. The summed E-state index contributed by atoms with van der Waals surface area (Å²) in [5.41, 5.74) is 0.630. The van der Waals surface area contributed by atoms with Gasteiger partial charge in [0.1, 0.15) is 18.2 Å². The van der Waals surface area contributed by atoms with E-state index in [4.69, 9.17) is 0 Å². The number of aromatic amines is 1.